The molecular weight excluding hydrogens is 338 g/mol. The number of allylic oxidation sites excluding steroid dienone is 2. The average Bonchev–Trinajstić information content (AvgIpc) is 3.09. The second-order valence-corrected chi connectivity index (χ2v) is 6.77. The van der Waals surface area contributed by atoms with Gasteiger partial charge in [0.15, 0.2) is 5.78 Å². The van der Waals surface area contributed by atoms with Crippen molar-refractivity contribution in [3.8, 4) is 5.75 Å². The number of rotatable bonds is 3. The van der Waals surface area contributed by atoms with Crippen LogP contribution in [0, 0.1) is 6.92 Å². The Labute approximate surface area is 158 Å². The van der Waals surface area contributed by atoms with Crippen LogP contribution in [-0.4, -0.2) is 43.1 Å². The van der Waals surface area contributed by atoms with Crippen LogP contribution < -0.4 is 4.74 Å². The lowest BCUT2D eigenvalue weighted by atomic mass is 9.82. The van der Waals surface area contributed by atoms with Crippen LogP contribution in [0.4, 0.5) is 0 Å². The fourth-order valence-electron chi connectivity index (χ4n) is 3.45. The monoisotopic (exact) mass is 359 g/mol. The van der Waals surface area contributed by atoms with E-state index in [9.17, 15) is 4.79 Å². The Bertz CT molecular complexity index is 1050. The SMILES string of the molecule is CCOc1ccc(C2=C3N=C(N(C)C)N=C3c3ccccc3C2=O)c(C)c1. The molecule has 0 spiro atoms. The highest BCUT2D eigenvalue weighted by Crippen LogP contribution is 2.37. The van der Waals surface area contributed by atoms with Gasteiger partial charge in [-0.05, 0) is 37.1 Å². The van der Waals surface area contributed by atoms with Crippen LogP contribution in [-0.2, 0) is 0 Å². The topological polar surface area (TPSA) is 54.3 Å². The maximum absolute atomic E-state index is 13.4. The summed E-state index contributed by atoms with van der Waals surface area (Å²) < 4.78 is 5.59. The molecule has 2 aliphatic rings. The standard InChI is InChI=1S/C22H21N3O2/c1-5-27-14-10-11-15(13(2)12-14)18-20-19(23-22(24-20)25(3)4)16-8-6-7-9-17(16)21(18)26/h6-12H,5H2,1-4H3. The van der Waals surface area contributed by atoms with Crippen molar-refractivity contribution < 1.29 is 9.53 Å². The summed E-state index contributed by atoms with van der Waals surface area (Å²) in [5, 5.41) is 0. The number of Topliss-reactive ketones (excluding diaryl/α,β-unsaturated/α-hetero) is 1. The van der Waals surface area contributed by atoms with E-state index in [1.54, 1.807) is 0 Å². The number of fused-ring (bicyclic) bond motifs is 3. The zero-order valence-electron chi connectivity index (χ0n) is 15.9. The molecule has 0 fully saturated rings. The third-order valence-electron chi connectivity index (χ3n) is 4.72. The number of carbonyl (C=O) groups is 1. The molecule has 4 rings (SSSR count). The van der Waals surface area contributed by atoms with Crippen LogP contribution >= 0.6 is 0 Å². The number of aliphatic imine (C=N–C) groups is 2. The summed E-state index contributed by atoms with van der Waals surface area (Å²) in [6.45, 7) is 4.54. The van der Waals surface area contributed by atoms with Crippen LogP contribution in [0.25, 0.3) is 5.57 Å². The molecule has 5 nitrogen and oxygen atoms in total. The first kappa shape index (κ1) is 17.2. The molecule has 1 heterocycles. The molecule has 0 N–H and O–H groups in total. The Hall–Kier alpha value is -3.21. The molecule has 0 saturated heterocycles. The van der Waals surface area contributed by atoms with Crippen molar-refractivity contribution in [1.82, 2.24) is 4.90 Å². The van der Waals surface area contributed by atoms with Crippen molar-refractivity contribution in [3.63, 3.8) is 0 Å². The first-order valence-corrected chi connectivity index (χ1v) is 8.98. The minimum Gasteiger partial charge on any atom is -0.494 e. The lowest BCUT2D eigenvalue weighted by molar-refractivity contribution is 0.105. The molecule has 136 valence electrons. The second kappa shape index (κ2) is 6.50. The summed E-state index contributed by atoms with van der Waals surface area (Å²) in [4.78, 5) is 24.6. The van der Waals surface area contributed by atoms with Crippen LogP contribution in [0.5, 0.6) is 5.75 Å². The smallest absolute Gasteiger partial charge is 0.226 e. The van der Waals surface area contributed by atoms with Crippen molar-refractivity contribution in [2.75, 3.05) is 20.7 Å². The van der Waals surface area contributed by atoms with Gasteiger partial charge in [0.2, 0.25) is 5.96 Å². The summed E-state index contributed by atoms with van der Waals surface area (Å²) in [6, 6.07) is 13.4. The van der Waals surface area contributed by atoms with Gasteiger partial charge in [-0.2, -0.15) is 0 Å². The van der Waals surface area contributed by atoms with Gasteiger partial charge >= 0.3 is 0 Å². The second-order valence-electron chi connectivity index (χ2n) is 6.77. The molecular formula is C22H21N3O2. The Morgan fingerprint density at radius 2 is 1.74 bits per heavy atom. The van der Waals surface area contributed by atoms with E-state index in [1.165, 1.54) is 0 Å². The molecule has 0 unspecified atom stereocenters. The average molecular weight is 359 g/mol. The minimum absolute atomic E-state index is 0.0180. The van der Waals surface area contributed by atoms with Gasteiger partial charge in [-0.3, -0.25) is 4.79 Å². The molecule has 1 aliphatic heterocycles. The highest BCUT2D eigenvalue weighted by atomic mass is 16.5. The quantitative estimate of drug-likeness (QED) is 0.839. The molecule has 2 aromatic rings. The highest BCUT2D eigenvalue weighted by molar-refractivity contribution is 6.43. The van der Waals surface area contributed by atoms with Crippen molar-refractivity contribution in [1.29, 1.82) is 0 Å². The number of carbonyl (C=O) groups excluding carboxylic acids is 1. The van der Waals surface area contributed by atoms with Crippen LogP contribution in [0.15, 0.2) is 58.1 Å². The number of aryl methyl sites for hydroxylation is 1. The zero-order valence-corrected chi connectivity index (χ0v) is 15.9. The number of hydrogen-bond donors (Lipinski definition) is 0. The number of guanidine groups is 1. The van der Waals surface area contributed by atoms with Crippen LogP contribution in [0.2, 0.25) is 0 Å². The third kappa shape index (κ3) is 2.76. The lowest BCUT2D eigenvalue weighted by Gasteiger charge is -2.20. The van der Waals surface area contributed by atoms with E-state index < -0.39 is 0 Å². The van der Waals surface area contributed by atoms with Gasteiger partial charge in [-0.15, -0.1) is 0 Å². The van der Waals surface area contributed by atoms with Gasteiger partial charge in [-0.1, -0.05) is 30.3 Å². The van der Waals surface area contributed by atoms with E-state index in [4.69, 9.17) is 9.73 Å². The van der Waals surface area contributed by atoms with E-state index in [0.29, 0.717) is 29.4 Å². The van der Waals surface area contributed by atoms with Gasteiger partial charge in [0.05, 0.1) is 12.2 Å². The number of ketones is 1. The molecule has 0 amide bonds. The molecule has 2 aromatic carbocycles. The molecule has 0 saturated carbocycles. The van der Waals surface area contributed by atoms with E-state index in [2.05, 4.69) is 4.99 Å². The van der Waals surface area contributed by atoms with Crippen molar-refractivity contribution in [2.45, 2.75) is 13.8 Å². The van der Waals surface area contributed by atoms with Crippen molar-refractivity contribution >= 4 is 23.0 Å². The summed E-state index contributed by atoms with van der Waals surface area (Å²) in [5.74, 6) is 1.38. The van der Waals surface area contributed by atoms with Gasteiger partial charge in [0.1, 0.15) is 17.2 Å². The predicted molar refractivity (Wildman–Crippen MR) is 108 cm³/mol. The van der Waals surface area contributed by atoms with Gasteiger partial charge in [-0.25, -0.2) is 9.98 Å². The number of ether oxygens (including phenoxy) is 1. The largest absolute Gasteiger partial charge is 0.494 e. The van der Waals surface area contributed by atoms with Crippen LogP contribution in [0.3, 0.4) is 0 Å². The third-order valence-corrected chi connectivity index (χ3v) is 4.72. The van der Waals surface area contributed by atoms with Gasteiger partial charge in [0, 0.05) is 25.2 Å². The van der Waals surface area contributed by atoms with E-state index in [0.717, 1.165) is 28.2 Å². The number of benzene rings is 2. The van der Waals surface area contributed by atoms with E-state index in [-0.39, 0.29) is 5.78 Å². The molecule has 1 aliphatic carbocycles. The lowest BCUT2D eigenvalue weighted by Crippen LogP contribution is -2.20. The normalized spacial score (nSPS) is 15.2. The fourth-order valence-corrected chi connectivity index (χ4v) is 3.45. The summed E-state index contributed by atoms with van der Waals surface area (Å²) >= 11 is 0. The highest BCUT2D eigenvalue weighted by Gasteiger charge is 2.35. The summed E-state index contributed by atoms with van der Waals surface area (Å²) in [6.07, 6.45) is 0. The first-order valence-electron chi connectivity index (χ1n) is 8.98. The fraction of sp³-hybridized carbons (Fsp3) is 0.227. The van der Waals surface area contributed by atoms with Crippen molar-refractivity contribution in [2.24, 2.45) is 9.98 Å². The van der Waals surface area contributed by atoms with Gasteiger partial charge < -0.3 is 9.64 Å². The minimum atomic E-state index is -0.0180. The molecule has 5 heteroatoms. The molecule has 27 heavy (non-hydrogen) atoms. The Morgan fingerprint density at radius 1 is 1.00 bits per heavy atom. The maximum atomic E-state index is 13.4. The molecule has 0 aromatic heterocycles. The predicted octanol–water partition coefficient (Wildman–Crippen LogP) is 3.72. The van der Waals surface area contributed by atoms with E-state index in [1.807, 2.05) is 75.3 Å². The Balaban J connectivity index is 1.95. The summed E-state index contributed by atoms with van der Waals surface area (Å²) in [7, 11) is 3.80. The summed E-state index contributed by atoms with van der Waals surface area (Å²) in [5.41, 5.74) is 5.36. The zero-order chi connectivity index (χ0) is 19.1. The maximum Gasteiger partial charge on any atom is 0.226 e. The van der Waals surface area contributed by atoms with Crippen molar-refractivity contribution in [3.05, 3.63) is 70.4 Å². The van der Waals surface area contributed by atoms with E-state index >= 15 is 0 Å². The first-order chi connectivity index (χ1) is 13.0. The molecule has 0 radical (unpaired) electrons. The number of hydrogen-bond acceptors (Lipinski definition) is 5. The molecule has 0 atom stereocenters. The Morgan fingerprint density at radius 3 is 2.41 bits per heavy atom. The number of nitrogens with zero attached hydrogens (tertiary/aromatic N) is 3. The Kier molecular flexibility index (Phi) is 4.15. The van der Waals surface area contributed by atoms with Gasteiger partial charge in [0.25, 0.3) is 0 Å². The van der Waals surface area contributed by atoms with Crippen LogP contribution in [0.1, 0.15) is 34.0 Å². The molecule has 0 bridgehead atoms.